The van der Waals surface area contributed by atoms with Crippen molar-refractivity contribution in [2.75, 3.05) is 13.2 Å². The summed E-state index contributed by atoms with van der Waals surface area (Å²) in [5, 5.41) is 29.9. The summed E-state index contributed by atoms with van der Waals surface area (Å²) in [6, 6.07) is 3.73. The lowest BCUT2D eigenvalue weighted by atomic mass is 10.1. The van der Waals surface area contributed by atoms with Crippen LogP contribution in [-0.4, -0.2) is 34.4 Å². The first-order chi connectivity index (χ1) is 7.54. The minimum atomic E-state index is -0.478. The zero-order valence-electron chi connectivity index (χ0n) is 8.97. The molecule has 0 radical (unpaired) electrons. The second-order valence-corrected chi connectivity index (χ2v) is 3.70. The van der Waals surface area contributed by atoms with E-state index < -0.39 is 5.91 Å². The third kappa shape index (κ3) is 3.13. The Morgan fingerprint density at radius 1 is 1.44 bits per heavy atom. The largest absolute Gasteiger partial charge is 0.508 e. The number of aliphatic hydroxyl groups excluding tert-OH is 1. The Morgan fingerprint density at radius 3 is 2.75 bits per heavy atom. The zero-order valence-corrected chi connectivity index (χ0v) is 8.97. The van der Waals surface area contributed by atoms with Gasteiger partial charge in [-0.1, -0.05) is 6.92 Å². The average Bonchev–Trinajstić information content (AvgIpc) is 2.28. The maximum atomic E-state index is 11.6. The molecule has 0 saturated heterocycles. The van der Waals surface area contributed by atoms with Gasteiger partial charge in [0.05, 0.1) is 5.56 Å². The number of benzene rings is 1. The van der Waals surface area contributed by atoms with E-state index in [4.69, 9.17) is 5.11 Å². The Kier molecular flexibility index (Phi) is 4.13. The molecule has 0 heterocycles. The van der Waals surface area contributed by atoms with Crippen molar-refractivity contribution >= 4 is 5.91 Å². The molecule has 5 heteroatoms. The first-order valence-electron chi connectivity index (χ1n) is 4.95. The molecular weight excluding hydrogens is 210 g/mol. The molecule has 0 saturated carbocycles. The van der Waals surface area contributed by atoms with Gasteiger partial charge in [0.2, 0.25) is 0 Å². The fraction of sp³-hybridized carbons (Fsp3) is 0.364. The Balaban J connectivity index is 2.69. The fourth-order valence-corrected chi connectivity index (χ4v) is 1.13. The maximum absolute atomic E-state index is 11.6. The highest BCUT2D eigenvalue weighted by atomic mass is 16.3. The molecule has 1 atom stereocenters. The number of phenols is 2. The van der Waals surface area contributed by atoms with Crippen molar-refractivity contribution < 1.29 is 20.1 Å². The molecular formula is C11H15NO4. The number of nitrogens with one attached hydrogen (secondary N) is 1. The molecule has 5 nitrogen and oxygen atoms in total. The normalized spacial score (nSPS) is 12.1. The Hall–Kier alpha value is -1.75. The van der Waals surface area contributed by atoms with Crippen LogP contribution in [-0.2, 0) is 0 Å². The molecule has 0 aliphatic rings. The van der Waals surface area contributed by atoms with E-state index in [1.54, 1.807) is 6.92 Å². The first-order valence-corrected chi connectivity index (χ1v) is 4.95. The van der Waals surface area contributed by atoms with Crippen molar-refractivity contribution in [2.45, 2.75) is 6.92 Å². The second-order valence-electron chi connectivity index (χ2n) is 3.70. The highest BCUT2D eigenvalue weighted by Crippen LogP contribution is 2.21. The third-order valence-corrected chi connectivity index (χ3v) is 2.15. The van der Waals surface area contributed by atoms with Crippen LogP contribution in [0.15, 0.2) is 18.2 Å². The number of phenolic OH excluding ortho intramolecular Hbond substituents is 2. The molecule has 0 aliphatic heterocycles. The lowest BCUT2D eigenvalue weighted by Gasteiger charge is -2.10. The molecule has 1 amide bonds. The summed E-state index contributed by atoms with van der Waals surface area (Å²) in [5.74, 6) is -0.804. The lowest BCUT2D eigenvalue weighted by Crippen LogP contribution is -2.29. The summed E-state index contributed by atoms with van der Waals surface area (Å²) >= 11 is 0. The van der Waals surface area contributed by atoms with Gasteiger partial charge in [-0.3, -0.25) is 4.79 Å². The second kappa shape index (κ2) is 5.37. The monoisotopic (exact) mass is 225 g/mol. The van der Waals surface area contributed by atoms with Gasteiger partial charge in [0.1, 0.15) is 11.5 Å². The number of hydrogen-bond donors (Lipinski definition) is 4. The lowest BCUT2D eigenvalue weighted by molar-refractivity contribution is 0.0939. The molecule has 0 aliphatic carbocycles. The predicted molar refractivity (Wildman–Crippen MR) is 58.4 cm³/mol. The van der Waals surface area contributed by atoms with Gasteiger partial charge >= 0.3 is 0 Å². The van der Waals surface area contributed by atoms with Crippen LogP contribution in [0.2, 0.25) is 0 Å². The van der Waals surface area contributed by atoms with E-state index in [-0.39, 0.29) is 29.6 Å². The van der Waals surface area contributed by atoms with Crippen LogP contribution in [0.25, 0.3) is 0 Å². The number of hydrogen-bond acceptors (Lipinski definition) is 4. The Morgan fingerprint density at radius 2 is 2.12 bits per heavy atom. The minimum Gasteiger partial charge on any atom is -0.508 e. The number of carbonyl (C=O) groups is 1. The molecule has 0 aromatic heterocycles. The molecule has 0 fully saturated rings. The van der Waals surface area contributed by atoms with Crippen LogP contribution in [0.4, 0.5) is 0 Å². The van der Waals surface area contributed by atoms with E-state index >= 15 is 0 Å². The van der Waals surface area contributed by atoms with Gasteiger partial charge in [-0.2, -0.15) is 0 Å². The molecule has 1 rings (SSSR count). The Bertz CT molecular complexity index is 378. The van der Waals surface area contributed by atoms with Crippen LogP contribution in [0.3, 0.4) is 0 Å². The summed E-state index contributed by atoms with van der Waals surface area (Å²) in [4.78, 5) is 11.6. The summed E-state index contributed by atoms with van der Waals surface area (Å²) in [6.07, 6.45) is 0. The molecule has 16 heavy (non-hydrogen) atoms. The van der Waals surface area contributed by atoms with Crippen molar-refractivity contribution in [1.82, 2.24) is 5.32 Å². The van der Waals surface area contributed by atoms with E-state index in [1.807, 2.05) is 0 Å². The predicted octanol–water partition coefficient (Wildman–Crippen LogP) is 0.456. The van der Waals surface area contributed by atoms with E-state index in [9.17, 15) is 15.0 Å². The average molecular weight is 225 g/mol. The van der Waals surface area contributed by atoms with Gasteiger partial charge in [0.15, 0.2) is 0 Å². The van der Waals surface area contributed by atoms with Crippen molar-refractivity contribution in [1.29, 1.82) is 0 Å². The van der Waals surface area contributed by atoms with Gasteiger partial charge in [0, 0.05) is 13.2 Å². The van der Waals surface area contributed by atoms with Crippen LogP contribution in [0, 0.1) is 5.92 Å². The quantitative estimate of drug-likeness (QED) is 0.560. The first kappa shape index (κ1) is 12.3. The van der Waals surface area contributed by atoms with E-state index in [0.717, 1.165) is 0 Å². The van der Waals surface area contributed by atoms with Crippen molar-refractivity contribution in [3.05, 3.63) is 23.8 Å². The van der Waals surface area contributed by atoms with Gasteiger partial charge in [0.25, 0.3) is 5.91 Å². The van der Waals surface area contributed by atoms with E-state index in [1.165, 1.54) is 18.2 Å². The number of rotatable bonds is 4. The highest BCUT2D eigenvalue weighted by molar-refractivity contribution is 5.97. The smallest absolute Gasteiger partial charge is 0.255 e. The summed E-state index contributed by atoms with van der Waals surface area (Å²) in [6.45, 7) is 2.07. The van der Waals surface area contributed by atoms with Crippen LogP contribution in [0.1, 0.15) is 17.3 Å². The van der Waals surface area contributed by atoms with Crippen molar-refractivity contribution in [2.24, 2.45) is 5.92 Å². The van der Waals surface area contributed by atoms with E-state index in [0.29, 0.717) is 6.54 Å². The van der Waals surface area contributed by atoms with Gasteiger partial charge in [-0.05, 0) is 24.1 Å². The number of aromatic hydroxyl groups is 2. The molecule has 88 valence electrons. The Labute approximate surface area is 93.4 Å². The molecule has 0 bridgehead atoms. The summed E-state index contributed by atoms with van der Waals surface area (Å²) in [5.41, 5.74) is 0.0186. The summed E-state index contributed by atoms with van der Waals surface area (Å²) in [7, 11) is 0. The van der Waals surface area contributed by atoms with Gasteiger partial charge in [-0.25, -0.2) is 0 Å². The minimum absolute atomic E-state index is 0.0186. The standard InChI is InChI=1S/C11H15NO4/c1-7(6-13)5-12-11(16)9-4-8(14)2-3-10(9)15/h2-4,7,13-15H,5-6H2,1H3,(H,12,16). The molecule has 4 N–H and O–H groups in total. The van der Waals surface area contributed by atoms with Crippen LogP contribution in [0.5, 0.6) is 11.5 Å². The molecule has 0 spiro atoms. The SMILES string of the molecule is CC(CO)CNC(=O)c1cc(O)ccc1O. The third-order valence-electron chi connectivity index (χ3n) is 2.15. The van der Waals surface area contributed by atoms with Crippen molar-refractivity contribution in [3.63, 3.8) is 0 Å². The maximum Gasteiger partial charge on any atom is 0.255 e. The number of aliphatic hydroxyl groups is 1. The van der Waals surface area contributed by atoms with Crippen molar-refractivity contribution in [3.8, 4) is 11.5 Å². The topological polar surface area (TPSA) is 89.8 Å². The van der Waals surface area contributed by atoms with Crippen LogP contribution >= 0.6 is 0 Å². The summed E-state index contributed by atoms with van der Waals surface area (Å²) < 4.78 is 0. The molecule has 1 aromatic rings. The van der Waals surface area contributed by atoms with E-state index in [2.05, 4.69) is 5.32 Å². The molecule has 1 aromatic carbocycles. The van der Waals surface area contributed by atoms with Crippen LogP contribution < -0.4 is 5.32 Å². The van der Waals surface area contributed by atoms with Gasteiger partial charge < -0.3 is 20.6 Å². The molecule has 1 unspecified atom stereocenters. The number of amides is 1. The number of carbonyl (C=O) groups excluding carboxylic acids is 1. The zero-order chi connectivity index (χ0) is 12.1. The van der Waals surface area contributed by atoms with Gasteiger partial charge in [-0.15, -0.1) is 0 Å². The fourth-order valence-electron chi connectivity index (χ4n) is 1.13. The highest BCUT2D eigenvalue weighted by Gasteiger charge is 2.12.